The fourth-order valence-electron chi connectivity index (χ4n) is 1.29. The normalized spacial score (nSPS) is 11.9. The van der Waals surface area contributed by atoms with E-state index in [-0.39, 0.29) is 20.8 Å². The molecule has 2 rings (SSSR count). The van der Waals surface area contributed by atoms with E-state index in [1.165, 1.54) is 18.5 Å². The summed E-state index contributed by atoms with van der Waals surface area (Å²) in [7, 11) is -3.92. The zero-order valence-corrected chi connectivity index (χ0v) is 9.34. The molecule has 1 aromatic carbocycles. The predicted octanol–water partition coefficient (Wildman–Crippen LogP) is 0.224. The Balaban J connectivity index is 2.94. The van der Waals surface area contributed by atoms with Gasteiger partial charge in [-0.15, -0.1) is 0 Å². The van der Waals surface area contributed by atoms with Crippen LogP contribution in [-0.4, -0.2) is 18.4 Å². The molecule has 3 N–H and O–H groups in total. The molecular weight excluding hydrogens is 254 g/mol. The van der Waals surface area contributed by atoms with E-state index in [2.05, 4.69) is 9.97 Å². The van der Waals surface area contributed by atoms with Crippen molar-refractivity contribution in [2.75, 3.05) is 0 Å². The minimum Gasteiger partial charge on any atom is -0.313 e. The number of hydrogen-bond acceptors (Lipinski definition) is 4. The van der Waals surface area contributed by atoms with E-state index in [1.807, 2.05) is 0 Å². The molecule has 8 heteroatoms. The molecule has 84 valence electrons. The maximum atomic E-state index is 11.4. The SMILES string of the molecule is NS(=O)(=O)c1cc2nc[nH]c(=O)c2cc1Cl. The Morgan fingerprint density at radius 3 is 2.69 bits per heavy atom. The van der Waals surface area contributed by atoms with Gasteiger partial charge in [-0.3, -0.25) is 4.79 Å². The first-order chi connectivity index (χ1) is 7.39. The molecule has 0 spiro atoms. The third kappa shape index (κ3) is 1.80. The number of sulfonamides is 1. The van der Waals surface area contributed by atoms with Gasteiger partial charge < -0.3 is 4.98 Å². The molecule has 1 aromatic heterocycles. The van der Waals surface area contributed by atoms with Gasteiger partial charge in [0.15, 0.2) is 0 Å². The lowest BCUT2D eigenvalue weighted by Gasteiger charge is -2.02. The highest BCUT2D eigenvalue weighted by molar-refractivity contribution is 7.89. The Hall–Kier alpha value is -1.44. The second-order valence-electron chi connectivity index (χ2n) is 3.08. The van der Waals surface area contributed by atoms with Gasteiger partial charge in [-0.05, 0) is 12.1 Å². The number of aromatic nitrogens is 2. The van der Waals surface area contributed by atoms with Gasteiger partial charge >= 0.3 is 0 Å². The summed E-state index contributed by atoms with van der Waals surface area (Å²) in [6.07, 6.45) is 1.17. The Morgan fingerprint density at radius 2 is 2.06 bits per heavy atom. The highest BCUT2D eigenvalue weighted by Gasteiger charge is 2.15. The van der Waals surface area contributed by atoms with Gasteiger partial charge in [0.2, 0.25) is 10.0 Å². The van der Waals surface area contributed by atoms with E-state index in [0.29, 0.717) is 0 Å². The largest absolute Gasteiger partial charge is 0.313 e. The molecule has 6 nitrogen and oxygen atoms in total. The number of benzene rings is 1. The fourth-order valence-corrected chi connectivity index (χ4v) is 2.38. The highest BCUT2D eigenvalue weighted by atomic mass is 35.5. The molecule has 0 radical (unpaired) electrons. The van der Waals surface area contributed by atoms with E-state index in [0.717, 1.165) is 0 Å². The number of rotatable bonds is 1. The van der Waals surface area contributed by atoms with Crippen LogP contribution in [-0.2, 0) is 10.0 Å². The van der Waals surface area contributed by atoms with Crippen molar-refractivity contribution in [3.8, 4) is 0 Å². The molecule has 0 unspecified atom stereocenters. The summed E-state index contributed by atoms with van der Waals surface area (Å²) >= 11 is 5.72. The van der Waals surface area contributed by atoms with Crippen molar-refractivity contribution in [2.24, 2.45) is 5.14 Å². The number of primary sulfonamides is 1. The Labute approximate surface area is 95.1 Å². The summed E-state index contributed by atoms with van der Waals surface area (Å²) in [5.41, 5.74) is -0.176. The number of nitrogens with zero attached hydrogens (tertiary/aromatic N) is 1. The van der Waals surface area contributed by atoms with Crippen molar-refractivity contribution in [1.29, 1.82) is 0 Å². The molecule has 16 heavy (non-hydrogen) atoms. The number of hydrogen-bond donors (Lipinski definition) is 2. The standard InChI is InChI=1S/C8H6ClN3O3S/c9-5-1-4-6(11-3-12-8(4)13)2-7(5)16(10,14)15/h1-3H,(H2,10,14,15)(H,11,12,13). The summed E-state index contributed by atoms with van der Waals surface area (Å²) in [5, 5.41) is 5.07. The topological polar surface area (TPSA) is 106 Å². The third-order valence-electron chi connectivity index (χ3n) is 2.00. The lowest BCUT2D eigenvalue weighted by atomic mass is 10.2. The third-order valence-corrected chi connectivity index (χ3v) is 3.38. The van der Waals surface area contributed by atoms with Crippen molar-refractivity contribution in [2.45, 2.75) is 4.90 Å². The van der Waals surface area contributed by atoms with Crippen LogP contribution in [0.25, 0.3) is 10.9 Å². The quantitative estimate of drug-likeness (QED) is 0.764. The van der Waals surface area contributed by atoms with E-state index in [4.69, 9.17) is 16.7 Å². The zero-order valence-electron chi connectivity index (χ0n) is 7.77. The van der Waals surface area contributed by atoms with Crippen LogP contribution in [0.1, 0.15) is 0 Å². The molecule has 0 amide bonds. The first-order valence-corrected chi connectivity index (χ1v) is 6.02. The van der Waals surface area contributed by atoms with Crippen LogP contribution in [0.3, 0.4) is 0 Å². The van der Waals surface area contributed by atoms with Crippen LogP contribution in [0.15, 0.2) is 28.2 Å². The molecule has 0 aliphatic rings. The van der Waals surface area contributed by atoms with Crippen LogP contribution in [0.4, 0.5) is 0 Å². The van der Waals surface area contributed by atoms with Crippen LogP contribution < -0.4 is 10.7 Å². The maximum absolute atomic E-state index is 11.4. The summed E-state index contributed by atoms with van der Waals surface area (Å²) in [4.78, 5) is 17.3. The second kappa shape index (κ2) is 3.55. The van der Waals surface area contributed by atoms with Crippen molar-refractivity contribution < 1.29 is 8.42 Å². The van der Waals surface area contributed by atoms with Crippen LogP contribution in [0, 0.1) is 0 Å². The van der Waals surface area contributed by atoms with Gasteiger partial charge in [0.25, 0.3) is 5.56 Å². The maximum Gasteiger partial charge on any atom is 0.258 e. The Bertz CT molecular complexity index is 723. The molecule has 0 fully saturated rings. The summed E-state index contributed by atoms with van der Waals surface area (Å²) < 4.78 is 22.3. The number of nitrogens with two attached hydrogens (primary N) is 1. The lowest BCUT2D eigenvalue weighted by molar-refractivity contribution is 0.598. The van der Waals surface area contributed by atoms with Gasteiger partial charge in [0, 0.05) is 0 Å². The van der Waals surface area contributed by atoms with Crippen LogP contribution in [0.5, 0.6) is 0 Å². The van der Waals surface area contributed by atoms with Crippen molar-refractivity contribution in [3.63, 3.8) is 0 Å². The first kappa shape index (κ1) is 11.1. The van der Waals surface area contributed by atoms with Gasteiger partial charge in [-0.2, -0.15) is 0 Å². The smallest absolute Gasteiger partial charge is 0.258 e. The zero-order chi connectivity index (χ0) is 11.9. The number of nitrogens with one attached hydrogen (secondary N) is 1. The molecule has 1 heterocycles. The monoisotopic (exact) mass is 259 g/mol. The molecule has 0 saturated heterocycles. The Kier molecular flexibility index (Phi) is 2.45. The molecule has 2 aromatic rings. The molecule has 0 bridgehead atoms. The van der Waals surface area contributed by atoms with E-state index in [1.54, 1.807) is 0 Å². The van der Waals surface area contributed by atoms with Crippen molar-refractivity contribution >= 4 is 32.5 Å². The van der Waals surface area contributed by atoms with E-state index in [9.17, 15) is 13.2 Å². The van der Waals surface area contributed by atoms with Gasteiger partial charge in [0.05, 0.1) is 22.3 Å². The molecule has 0 atom stereocenters. The summed E-state index contributed by atoms with van der Waals surface area (Å²) in [6.45, 7) is 0. The van der Waals surface area contributed by atoms with E-state index < -0.39 is 15.6 Å². The Morgan fingerprint density at radius 1 is 1.38 bits per heavy atom. The van der Waals surface area contributed by atoms with Crippen LogP contribution in [0.2, 0.25) is 5.02 Å². The van der Waals surface area contributed by atoms with Gasteiger partial charge in [-0.1, -0.05) is 11.6 Å². The van der Waals surface area contributed by atoms with Gasteiger partial charge in [0.1, 0.15) is 4.90 Å². The molecular formula is C8H6ClN3O3S. The fraction of sp³-hybridized carbons (Fsp3) is 0. The minimum atomic E-state index is -3.92. The van der Waals surface area contributed by atoms with Gasteiger partial charge in [-0.25, -0.2) is 18.5 Å². The number of aromatic amines is 1. The first-order valence-electron chi connectivity index (χ1n) is 4.09. The minimum absolute atomic E-state index is 0.103. The second-order valence-corrected chi connectivity index (χ2v) is 5.01. The average Bonchev–Trinajstić information content (AvgIpc) is 2.17. The van der Waals surface area contributed by atoms with Crippen molar-refractivity contribution in [3.05, 3.63) is 33.8 Å². The highest BCUT2D eigenvalue weighted by Crippen LogP contribution is 2.23. The predicted molar refractivity (Wildman–Crippen MR) is 58.7 cm³/mol. The van der Waals surface area contributed by atoms with Crippen LogP contribution >= 0.6 is 11.6 Å². The molecule has 0 saturated carbocycles. The number of halogens is 1. The summed E-state index contributed by atoms with van der Waals surface area (Å²) in [5.74, 6) is 0. The number of H-pyrrole nitrogens is 1. The van der Waals surface area contributed by atoms with E-state index >= 15 is 0 Å². The lowest BCUT2D eigenvalue weighted by Crippen LogP contribution is -2.14. The summed E-state index contributed by atoms with van der Waals surface area (Å²) in [6, 6.07) is 2.39. The number of fused-ring (bicyclic) bond motifs is 1. The average molecular weight is 260 g/mol. The molecule has 0 aliphatic carbocycles. The molecule has 0 aliphatic heterocycles. The van der Waals surface area contributed by atoms with Crippen molar-refractivity contribution in [1.82, 2.24) is 9.97 Å².